The van der Waals surface area contributed by atoms with Crippen LogP contribution in [0, 0.1) is 0 Å². The monoisotopic (exact) mass is 500 g/mol. The third-order valence-corrected chi connectivity index (χ3v) is 6.55. The fourth-order valence-electron chi connectivity index (χ4n) is 3.87. The van der Waals surface area contributed by atoms with E-state index in [-0.39, 0.29) is 5.91 Å². The molecular weight excluding hydrogens is 479 g/mol. The van der Waals surface area contributed by atoms with Crippen molar-refractivity contribution in [3.8, 4) is 0 Å². The highest BCUT2D eigenvalue weighted by Crippen LogP contribution is 2.33. The first kappa shape index (κ1) is 23.6. The van der Waals surface area contributed by atoms with E-state index in [0.717, 1.165) is 29.0 Å². The van der Waals surface area contributed by atoms with E-state index in [9.17, 15) is 4.79 Å². The fraction of sp³-hybridized carbons (Fsp3) is 0.240. The molecule has 1 atom stereocenters. The second-order valence-corrected chi connectivity index (χ2v) is 8.99. The van der Waals surface area contributed by atoms with Gasteiger partial charge in [0.2, 0.25) is 5.91 Å². The lowest BCUT2D eigenvalue weighted by Gasteiger charge is -2.21. The third-order valence-electron chi connectivity index (χ3n) is 5.46. The smallest absolute Gasteiger partial charge is 0.243 e. The summed E-state index contributed by atoms with van der Waals surface area (Å²) in [7, 11) is 0. The first-order chi connectivity index (χ1) is 16.0. The molecule has 8 heteroatoms. The van der Waals surface area contributed by atoms with E-state index in [0.29, 0.717) is 40.0 Å². The van der Waals surface area contributed by atoms with Crippen LogP contribution in [0.25, 0.3) is 11.0 Å². The van der Waals surface area contributed by atoms with Gasteiger partial charge in [-0.2, -0.15) is 0 Å². The summed E-state index contributed by atoms with van der Waals surface area (Å²) in [5.74, 6) is 0.621. The molecule has 2 aromatic heterocycles. The molecule has 4 aromatic rings. The Labute approximate surface area is 207 Å². The maximum Gasteiger partial charge on any atom is 0.243 e. The Morgan fingerprint density at radius 2 is 1.79 bits per heavy atom. The molecule has 2 aromatic carbocycles. The molecule has 2 heterocycles. The van der Waals surface area contributed by atoms with Gasteiger partial charge in [0, 0.05) is 17.6 Å². The number of halogens is 3. The van der Waals surface area contributed by atoms with Crippen molar-refractivity contribution in [3.63, 3.8) is 0 Å². The molecule has 1 amide bonds. The molecule has 33 heavy (non-hydrogen) atoms. The molecule has 0 fully saturated rings. The number of carbonyl (C=O) groups excluding carboxylic acids is 1. The van der Waals surface area contributed by atoms with Gasteiger partial charge in [-0.05, 0) is 42.3 Å². The Morgan fingerprint density at radius 3 is 2.52 bits per heavy atom. The van der Waals surface area contributed by atoms with Gasteiger partial charge in [-0.1, -0.05) is 72.4 Å². The van der Waals surface area contributed by atoms with Crippen LogP contribution in [0.5, 0.6) is 0 Å². The largest absolute Gasteiger partial charge is 0.349 e. The molecule has 0 spiro atoms. The summed E-state index contributed by atoms with van der Waals surface area (Å²) in [6.45, 7) is 2.40. The molecule has 0 aliphatic heterocycles. The number of nitrogens with one attached hydrogen (secondary N) is 1. The molecule has 0 saturated carbocycles. The van der Waals surface area contributed by atoms with Crippen molar-refractivity contribution in [1.29, 1.82) is 0 Å². The van der Waals surface area contributed by atoms with Gasteiger partial charge in [-0.3, -0.25) is 9.78 Å². The second kappa shape index (κ2) is 10.6. The molecule has 1 unspecified atom stereocenters. The zero-order chi connectivity index (χ0) is 23.4. The molecule has 5 nitrogen and oxygen atoms in total. The number of imidazole rings is 1. The number of hydrogen-bond acceptors (Lipinski definition) is 3. The molecule has 4 rings (SSSR count). The molecule has 0 radical (unpaired) electrons. The van der Waals surface area contributed by atoms with Crippen LogP contribution in [0.4, 0.5) is 0 Å². The van der Waals surface area contributed by atoms with Crippen molar-refractivity contribution in [2.75, 3.05) is 0 Å². The van der Waals surface area contributed by atoms with Crippen LogP contribution >= 0.6 is 34.8 Å². The number of hydrogen-bond donors (Lipinski definition) is 1. The van der Waals surface area contributed by atoms with E-state index < -0.39 is 6.04 Å². The van der Waals surface area contributed by atoms with Crippen molar-refractivity contribution >= 4 is 51.7 Å². The van der Waals surface area contributed by atoms with Crippen LogP contribution in [-0.4, -0.2) is 20.4 Å². The minimum atomic E-state index is -0.474. The Bertz CT molecular complexity index is 1270. The van der Waals surface area contributed by atoms with Gasteiger partial charge in [0.05, 0.1) is 33.3 Å². The number of nitrogens with zero attached hydrogens (tertiary/aromatic N) is 3. The van der Waals surface area contributed by atoms with Gasteiger partial charge >= 0.3 is 0 Å². The van der Waals surface area contributed by atoms with E-state index in [1.165, 1.54) is 0 Å². The molecule has 0 aliphatic carbocycles. The van der Waals surface area contributed by atoms with Crippen molar-refractivity contribution in [2.45, 2.75) is 38.8 Å². The number of aromatic nitrogens is 3. The molecular formula is C25H23Cl3N4O. The van der Waals surface area contributed by atoms with Crippen molar-refractivity contribution in [1.82, 2.24) is 19.9 Å². The van der Waals surface area contributed by atoms with Gasteiger partial charge < -0.3 is 9.88 Å². The van der Waals surface area contributed by atoms with Crippen LogP contribution in [0.3, 0.4) is 0 Å². The molecule has 0 bridgehead atoms. The molecule has 1 N–H and O–H groups in total. The molecule has 170 valence electrons. The van der Waals surface area contributed by atoms with E-state index >= 15 is 0 Å². The van der Waals surface area contributed by atoms with E-state index in [1.54, 1.807) is 18.3 Å². The Balaban J connectivity index is 1.76. The lowest BCUT2D eigenvalue weighted by atomic mass is 10.1. The van der Waals surface area contributed by atoms with Crippen molar-refractivity contribution < 1.29 is 4.79 Å². The molecule has 0 saturated heterocycles. The first-order valence-electron chi connectivity index (χ1n) is 10.7. The minimum absolute atomic E-state index is 0.103. The average molecular weight is 502 g/mol. The lowest BCUT2D eigenvalue weighted by Crippen LogP contribution is -2.33. The van der Waals surface area contributed by atoms with E-state index in [1.807, 2.05) is 47.0 Å². The predicted molar refractivity (Wildman–Crippen MR) is 134 cm³/mol. The van der Waals surface area contributed by atoms with E-state index in [4.69, 9.17) is 39.8 Å². The number of carbonyl (C=O) groups is 1. The van der Waals surface area contributed by atoms with Gasteiger partial charge in [-0.15, -0.1) is 0 Å². The highest BCUT2D eigenvalue weighted by atomic mass is 35.5. The van der Waals surface area contributed by atoms with Crippen LogP contribution < -0.4 is 5.32 Å². The summed E-state index contributed by atoms with van der Waals surface area (Å²) in [5, 5.41) is 4.52. The summed E-state index contributed by atoms with van der Waals surface area (Å²) in [5.41, 5.74) is 3.17. The van der Waals surface area contributed by atoms with Crippen LogP contribution in [0.15, 0.2) is 60.8 Å². The van der Waals surface area contributed by atoms with Crippen LogP contribution in [0.2, 0.25) is 15.1 Å². The Kier molecular flexibility index (Phi) is 7.53. The number of benzene rings is 2. The molecule has 0 aliphatic rings. The van der Waals surface area contributed by atoms with Gasteiger partial charge in [0.15, 0.2) is 0 Å². The topological polar surface area (TPSA) is 59.8 Å². The zero-order valence-electron chi connectivity index (χ0n) is 18.1. The van der Waals surface area contributed by atoms with Gasteiger partial charge in [-0.25, -0.2) is 4.98 Å². The lowest BCUT2D eigenvalue weighted by molar-refractivity contribution is -0.124. The second-order valence-electron chi connectivity index (χ2n) is 7.76. The highest BCUT2D eigenvalue weighted by Gasteiger charge is 2.26. The normalized spacial score (nSPS) is 12.1. The first-order valence-corrected chi connectivity index (χ1v) is 11.9. The third kappa shape index (κ3) is 5.32. The minimum Gasteiger partial charge on any atom is -0.349 e. The highest BCUT2D eigenvalue weighted by molar-refractivity contribution is 6.42. The number of fused-ring (bicyclic) bond motifs is 1. The van der Waals surface area contributed by atoms with Crippen LogP contribution in [-0.2, 0) is 17.8 Å². The quantitative estimate of drug-likeness (QED) is 0.294. The zero-order valence-corrected chi connectivity index (χ0v) is 20.3. The number of pyridine rings is 1. The summed E-state index contributed by atoms with van der Waals surface area (Å²) >= 11 is 19.1. The Hall–Kier alpha value is -2.60. The SMILES string of the molecule is CCCC(C(=O)NCc1ccccn1)n1c(Cc2ccccc2Cl)nc2cc(Cl)c(Cl)cc21. The summed E-state index contributed by atoms with van der Waals surface area (Å²) in [4.78, 5) is 22.5. The van der Waals surface area contributed by atoms with Gasteiger partial charge in [0.25, 0.3) is 0 Å². The van der Waals surface area contributed by atoms with Gasteiger partial charge in [0.1, 0.15) is 11.9 Å². The summed E-state index contributed by atoms with van der Waals surface area (Å²) in [6.07, 6.45) is 3.63. The summed E-state index contributed by atoms with van der Waals surface area (Å²) in [6, 6.07) is 16.3. The maximum atomic E-state index is 13.4. The predicted octanol–water partition coefficient (Wildman–Crippen LogP) is 6.64. The summed E-state index contributed by atoms with van der Waals surface area (Å²) < 4.78 is 1.97. The maximum absolute atomic E-state index is 13.4. The van der Waals surface area contributed by atoms with Crippen molar-refractivity contribution in [3.05, 3.63) is 92.9 Å². The Morgan fingerprint density at radius 1 is 1.03 bits per heavy atom. The van der Waals surface area contributed by atoms with E-state index in [2.05, 4.69) is 17.2 Å². The average Bonchev–Trinajstić information content (AvgIpc) is 3.14. The fourth-order valence-corrected chi connectivity index (χ4v) is 4.39. The number of rotatable bonds is 8. The van der Waals surface area contributed by atoms with Crippen LogP contribution in [0.1, 0.15) is 42.9 Å². The van der Waals surface area contributed by atoms with Crippen molar-refractivity contribution in [2.24, 2.45) is 0 Å². The standard InChI is InChI=1S/C25H23Cl3N4O/c1-2-7-22(25(33)30-15-17-9-5-6-11-29-17)32-23-14-20(28)19(27)13-21(23)31-24(32)12-16-8-3-4-10-18(16)26/h3-6,8-11,13-14,22H,2,7,12,15H2,1H3,(H,30,33). The number of amides is 1.